The number of hydrogen-bond donors (Lipinski definition) is 1. The van der Waals surface area contributed by atoms with Gasteiger partial charge in [0, 0.05) is 22.7 Å². The number of benzene rings is 3. The van der Waals surface area contributed by atoms with E-state index in [1.807, 2.05) is 50.8 Å². The van der Waals surface area contributed by atoms with Gasteiger partial charge in [0.25, 0.3) is 0 Å². The van der Waals surface area contributed by atoms with Crippen molar-refractivity contribution >= 4 is 6.09 Å². The largest absolute Gasteiger partial charge is 0.496 e. The summed E-state index contributed by atoms with van der Waals surface area (Å²) in [4.78, 5) is 18.7. The maximum Gasteiger partial charge on any atom is 0.411 e. The lowest BCUT2D eigenvalue weighted by atomic mass is 9.75. The third kappa shape index (κ3) is 5.85. The van der Waals surface area contributed by atoms with E-state index in [1.54, 1.807) is 7.11 Å². The van der Waals surface area contributed by atoms with Crippen molar-refractivity contribution in [3.63, 3.8) is 0 Å². The van der Waals surface area contributed by atoms with Crippen molar-refractivity contribution in [3.8, 4) is 23.0 Å². The molecular formula is C39H50N2O7. The molecular weight excluding hydrogens is 608 g/mol. The molecule has 48 heavy (non-hydrogen) atoms. The fraction of sp³-hybridized carbons (Fsp3) is 0.513. The van der Waals surface area contributed by atoms with E-state index in [-0.39, 0.29) is 43.7 Å². The van der Waals surface area contributed by atoms with Gasteiger partial charge in [0.1, 0.15) is 23.7 Å². The Balaban J connectivity index is 1.59. The van der Waals surface area contributed by atoms with Crippen molar-refractivity contribution in [2.75, 3.05) is 27.6 Å². The fourth-order valence-electron chi connectivity index (χ4n) is 8.19. The van der Waals surface area contributed by atoms with Gasteiger partial charge < -0.3 is 28.8 Å². The summed E-state index contributed by atoms with van der Waals surface area (Å²) in [6.07, 6.45) is 1.40. The van der Waals surface area contributed by atoms with Gasteiger partial charge in [0.05, 0.1) is 31.8 Å². The van der Waals surface area contributed by atoms with Crippen LogP contribution in [0.15, 0.2) is 36.4 Å². The Bertz CT molecular complexity index is 1680. The normalized spacial score (nSPS) is 21.8. The molecule has 0 saturated heterocycles. The molecule has 0 aromatic heterocycles. The molecule has 4 atom stereocenters. The third-order valence-electron chi connectivity index (χ3n) is 10.2. The summed E-state index contributed by atoms with van der Waals surface area (Å²) >= 11 is 0. The van der Waals surface area contributed by atoms with Crippen molar-refractivity contribution in [2.45, 2.75) is 104 Å². The summed E-state index contributed by atoms with van der Waals surface area (Å²) in [6, 6.07) is 11.1. The van der Waals surface area contributed by atoms with Crippen LogP contribution in [0.5, 0.6) is 23.0 Å². The first-order chi connectivity index (χ1) is 22.9. The fourth-order valence-corrected chi connectivity index (χ4v) is 8.19. The highest BCUT2D eigenvalue weighted by Crippen LogP contribution is 2.56. The lowest BCUT2D eigenvalue weighted by Crippen LogP contribution is -2.57. The zero-order valence-corrected chi connectivity index (χ0v) is 29.8. The van der Waals surface area contributed by atoms with E-state index in [9.17, 15) is 9.90 Å². The van der Waals surface area contributed by atoms with Crippen LogP contribution in [-0.2, 0) is 24.2 Å². The van der Waals surface area contributed by atoms with E-state index in [0.717, 1.165) is 50.4 Å². The van der Waals surface area contributed by atoms with Crippen LogP contribution in [0.4, 0.5) is 4.79 Å². The second kappa shape index (κ2) is 13.2. The number of methoxy groups -OCH3 is 1. The number of nitrogens with zero attached hydrogens (tertiary/aromatic N) is 2. The quantitative estimate of drug-likeness (QED) is 0.287. The van der Waals surface area contributed by atoms with Gasteiger partial charge >= 0.3 is 6.09 Å². The number of fused-ring (bicyclic) bond motifs is 4. The lowest BCUT2D eigenvalue weighted by molar-refractivity contribution is -0.0249. The first-order valence-electron chi connectivity index (χ1n) is 17.0. The molecule has 9 nitrogen and oxygen atoms in total. The molecule has 3 aliphatic heterocycles. The number of aliphatic hydroxyl groups is 1. The monoisotopic (exact) mass is 658 g/mol. The van der Waals surface area contributed by atoms with Gasteiger partial charge in [-0.25, -0.2) is 4.79 Å². The minimum atomic E-state index is -0.709. The number of hydrogen-bond acceptors (Lipinski definition) is 8. The standard InChI is InChI=1S/C39H50N2O7/c1-10-29-32-28(35(24(4)36-37(32)47-21-46-36)45-20-25-14-12-11-13-15-25)18-30(41(29)38(43)48-39(5,6)7)33-31-23(3)34(44-9)22(2)16-26(31)17-27(19-42)40(33)8/h11-16,27,29-30,33,42H,10,17-21H2,1-9H3/t27?,29-,30-,33?/m0/s1. The Labute approximate surface area is 284 Å². The topological polar surface area (TPSA) is 89.9 Å². The Morgan fingerprint density at radius 1 is 1.00 bits per heavy atom. The minimum absolute atomic E-state index is 0.00720. The first kappa shape index (κ1) is 33.9. The van der Waals surface area contributed by atoms with Crippen LogP contribution in [0.1, 0.15) is 90.7 Å². The summed E-state index contributed by atoms with van der Waals surface area (Å²) < 4.78 is 31.1. The first-order valence-corrected chi connectivity index (χ1v) is 17.0. The molecule has 0 saturated carbocycles. The van der Waals surface area contributed by atoms with Crippen LogP contribution in [0, 0.1) is 20.8 Å². The molecule has 1 amide bonds. The number of carbonyl (C=O) groups is 1. The minimum Gasteiger partial charge on any atom is -0.496 e. The molecule has 3 aliphatic rings. The Morgan fingerprint density at radius 3 is 2.35 bits per heavy atom. The van der Waals surface area contributed by atoms with E-state index >= 15 is 0 Å². The van der Waals surface area contributed by atoms with Crippen LogP contribution < -0.4 is 18.9 Å². The molecule has 0 fully saturated rings. The molecule has 3 aromatic rings. The predicted octanol–water partition coefficient (Wildman–Crippen LogP) is 7.13. The van der Waals surface area contributed by atoms with Gasteiger partial charge in [-0.1, -0.05) is 43.3 Å². The third-order valence-corrected chi connectivity index (χ3v) is 10.2. The maximum atomic E-state index is 14.5. The maximum absolute atomic E-state index is 14.5. The number of likely N-dealkylation sites (N-methyl/N-ethyl adjacent to an activating group) is 1. The average Bonchev–Trinajstić information content (AvgIpc) is 3.54. The number of carbonyl (C=O) groups excluding carboxylic acids is 1. The molecule has 3 heterocycles. The molecule has 0 spiro atoms. The van der Waals surface area contributed by atoms with Crippen LogP contribution in [0.25, 0.3) is 0 Å². The van der Waals surface area contributed by atoms with E-state index in [0.29, 0.717) is 37.4 Å². The molecule has 0 bridgehead atoms. The molecule has 258 valence electrons. The SMILES string of the molecule is CC[C@H]1c2c(c(OCc3ccccc3)c(C)c3c2OCO3)C[C@@H](C2c3c(cc(C)c(OC)c3C)CC(CO)N2C)N1C(=O)OC(C)(C)C. The predicted molar refractivity (Wildman–Crippen MR) is 184 cm³/mol. The van der Waals surface area contributed by atoms with E-state index in [2.05, 4.69) is 50.9 Å². The summed E-state index contributed by atoms with van der Waals surface area (Å²) in [5.41, 5.74) is 7.56. The summed E-state index contributed by atoms with van der Waals surface area (Å²) in [6.45, 7) is 14.5. The van der Waals surface area contributed by atoms with E-state index < -0.39 is 5.60 Å². The molecule has 0 radical (unpaired) electrons. The smallest absolute Gasteiger partial charge is 0.411 e. The highest BCUT2D eigenvalue weighted by Gasteiger charge is 2.50. The van der Waals surface area contributed by atoms with Gasteiger partial charge in [0.15, 0.2) is 11.5 Å². The van der Waals surface area contributed by atoms with Crippen molar-refractivity contribution in [1.29, 1.82) is 0 Å². The van der Waals surface area contributed by atoms with Crippen molar-refractivity contribution in [2.24, 2.45) is 0 Å². The zero-order chi connectivity index (χ0) is 34.5. The summed E-state index contributed by atoms with van der Waals surface area (Å²) in [5, 5.41) is 10.7. The van der Waals surface area contributed by atoms with Gasteiger partial charge in [-0.05, 0) is 95.7 Å². The van der Waals surface area contributed by atoms with Crippen molar-refractivity contribution < 1.29 is 33.6 Å². The number of amides is 1. The molecule has 2 unspecified atom stereocenters. The molecule has 6 rings (SSSR count). The van der Waals surface area contributed by atoms with Crippen LogP contribution >= 0.6 is 0 Å². The lowest BCUT2D eigenvalue weighted by Gasteiger charge is -2.52. The number of aliphatic hydroxyl groups excluding tert-OH is 1. The average molecular weight is 659 g/mol. The van der Waals surface area contributed by atoms with Crippen molar-refractivity contribution in [3.05, 3.63) is 80.9 Å². The zero-order valence-electron chi connectivity index (χ0n) is 29.8. The van der Waals surface area contributed by atoms with Gasteiger partial charge in [0.2, 0.25) is 6.79 Å². The highest BCUT2D eigenvalue weighted by molar-refractivity contribution is 5.73. The number of aryl methyl sites for hydroxylation is 1. The summed E-state index contributed by atoms with van der Waals surface area (Å²) in [7, 11) is 3.76. The summed E-state index contributed by atoms with van der Waals surface area (Å²) in [5.74, 6) is 2.94. The van der Waals surface area contributed by atoms with Gasteiger partial charge in [-0.3, -0.25) is 9.80 Å². The Morgan fingerprint density at radius 2 is 1.71 bits per heavy atom. The second-order valence-corrected chi connectivity index (χ2v) is 14.3. The molecule has 0 aliphatic carbocycles. The van der Waals surface area contributed by atoms with E-state index in [1.165, 1.54) is 5.56 Å². The van der Waals surface area contributed by atoms with Crippen molar-refractivity contribution in [1.82, 2.24) is 9.80 Å². The Kier molecular flexibility index (Phi) is 9.30. The molecule has 9 heteroatoms. The second-order valence-electron chi connectivity index (χ2n) is 14.3. The van der Waals surface area contributed by atoms with Crippen LogP contribution in [0.2, 0.25) is 0 Å². The van der Waals surface area contributed by atoms with E-state index in [4.69, 9.17) is 23.7 Å². The van der Waals surface area contributed by atoms with Crippen LogP contribution in [0.3, 0.4) is 0 Å². The highest BCUT2D eigenvalue weighted by atomic mass is 16.7. The van der Waals surface area contributed by atoms with Gasteiger partial charge in [-0.15, -0.1) is 0 Å². The van der Waals surface area contributed by atoms with Gasteiger partial charge in [-0.2, -0.15) is 0 Å². The Hall–Kier alpha value is -3.95. The van der Waals surface area contributed by atoms with Crippen LogP contribution in [-0.4, -0.2) is 66.2 Å². The molecule has 3 aromatic carbocycles. The molecule has 1 N–H and O–H groups in total. The number of rotatable bonds is 7. The number of ether oxygens (including phenoxy) is 5.